The Morgan fingerprint density at radius 2 is 1.70 bits per heavy atom. The van der Waals surface area contributed by atoms with Gasteiger partial charge >= 0.3 is 11.7 Å². The zero-order valence-electron chi connectivity index (χ0n) is 16.1. The summed E-state index contributed by atoms with van der Waals surface area (Å²) in [4.78, 5) is 45.5. The number of amides is 3. The molecule has 1 aliphatic rings. The van der Waals surface area contributed by atoms with Gasteiger partial charge in [0.2, 0.25) is 0 Å². The topological polar surface area (TPSA) is 101 Å². The van der Waals surface area contributed by atoms with Crippen molar-refractivity contribution in [2.45, 2.75) is 27.2 Å². The van der Waals surface area contributed by atoms with Gasteiger partial charge in [-0.1, -0.05) is 20.8 Å². The quantitative estimate of drug-likeness (QED) is 0.747. The van der Waals surface area contributed by atoms with Gasteiger partial charge in [0.15, 0.2) is 0 Å². The van der Waals surface area contributed by atoms with Crippen molar-refractivity contribution in [3.05, 3.63) is 34.2 Å². The third-order valence-corrected chi connectivity index (χ3v) is 4.60. The number of aromatic amines is 2. The number of fused-ring (bicyclic) bond motifs is 1. The number of aromatic nitrogens is 2. The van der Waals surface area contributed by atoms with Crippen LogP contribution in [0.25, 0.3) is 11.0 Å². The number of H-pyrrole nitrogens is 2. The van der Waals surface area contributed by atoms with Crippen LogP contribution >= 0.6 is 0 Å². The molecule has 1 aliphatic heterocycles. The Kier molecular flexibility index (Phi) is 5.25. The number of nitrogens with zero attached hydrogens (tertiary/aromatic N) is 2. The number of carbonyl (C=O) groups is 2. The zero-order valence-corrected chi connectivity index (χ0v) is 16.1. The van der Waals surface area contributed by atoms with Crippen LogP contribution in [0.5, 0.6) is 0 Å². The highest BCUT2D eigenvalue weighted by Gasteiger charge is 2.24. The summed E-state index contributed by atoms with van der Waals surface area (Å²) >= 11 is 0. The molecular weight excluding hydrogens is 346 g/mol. The molecule has 0 atom stereocenters. The van der Waals surface area contributed by atoms with Gasteiger partial charge in [0.05, 0.1) is 11.0 Å². The van der Waals surface area contributed by atoms with Gasteiger partial charge in [-0.3, -0.25) is 4.79 Å². The molecule has 146 valence electrons. The summed E-state index contributed by atoms with van der Waals surface area (Å²) in [6.07, 6.45) is 0.734. The number of nitrogens with one attached hydrogen (secondary N) is 3. The van der Waals surface area contributed by atoms with E-state index in [0.717, 1.165) is 6.42 Å². The minimum absolute atomic E-state index is 0.0291. The third kappa shape index (κ3) is 4.69. The Morgan fingerprint density at radius 1 is 1.04 bits per heavy atom. The first kappa shape index (κ1) is 19.0. The van der Waals surface area contributed by atoms with Crippen molar-refractivity contribution in [2.24, 2.45) is 5.41 Å². The van der Waals surface area contributed by atoms with Crippen LogP contribution in [0.2, 0.25) is 0 Å². The molecule has 0 bridgehead atoms. The average molecular weight is 373 g/mol. The summed E-state index contributed by atoms with van der Waals surface area (Å²) in [6.45, 7) is 9.06. The number of imidazole rings is 1. The summed E-state index contributed by atoms with van der Waals surface area (Å²) in [5.74, 6) is -0.0871. The number of hydrogen-bond acceptors (Lipinski definition) is 3. The van der Waals surface area contributed by atoms with Crippen molar-refractivity contribution in [1.82, 2.24) is 25.1 Å². The van der Waals surface area contributed by atoms with E-state index in [0.29, 0.717) is 49.3 Å². The minimum Gasteiger partial charge on any atom is -0.337 e. The van der Waals surface area contributed by atoms with E-state index < -0.39 is 0 Å². The van der Waals surface area contributed by atoms with Crippen molar-refractivity contribution in [2.75, 3.05) is 32.7 Å². The Labute approximate surface area is 157 Å². The number of hydrogen-bond donors (Lipinski definition) is 3. The van der Waals surface area contributed by atoms with E-state index in [1.165, 1.54) is 0 Å². The molecule has 0 aliphatic carbocycles. The molecule has 8 nitrogen and oxygen atoms in total. The molecule has 0 spiro atoms. The lowest BCUT2D eigenvalue weighted by Gasteiger charge is -2.25. The van der Waals surface area contributed by atoms with E-state index in [1.54, 1.807) is 28.0 Å². The normalized spacial score (nSPS) is 15.7. The SMILES string of the molecule is CC(C)(C)CNC(=O)N1CCCN(C(=O)c2ccc3[nH]c(=O)[nH]c3c2)CC1. The first-order chi connectivity index (χ1) is 12.7. The first-order valence-electron chi connectivity index (χ1n) is 9.27. The second kappa shape index (κ2) is 7.46. The summed E-state index contributed by atoms with van der Waals surface area (Å²) < 4.78 is 0. The van der Waals surface area contributed by atoms with Gasteiger partial charge in [-0.2, -0.15) is 0 Å². The second-order valence-electron chi connectivity index (χ2n) is 8.19. The van der Waals surface area contributed by atoms with Crippen molar-refractivity contribution in [3.8, 4) is 0 Å². The third-order valence-electron chi connectivity index (χ3n) is 4.60. The van der Waals surface area contributed by atoms with E-state index in [9.17, 15) is 14.4 Å². The molecule has 1 aromatic heterocycles. The highest BCUT2D eigenvalue weighted by molar-refractivity contribution is 5.97. The molecular formula is C19H27N5O3. The Balaban J connectivity index is 1.63. The van der Waals surface area contributed by atoms with Gasteiger partial charge in [0.1, 0.15) is 0 Å². The lowest BCUT2D eigenvalue weighted by Crippen LogP contribution is -2.44. The van der Waals surface area contributed by atoms with Gasteiger partial charge in [-0.05, 0) is 30.0 Å². The number of carbonyl (C=O) groups excluding carboxylic acids is 2. The monoisotopic (exact) mass is 373 g/mol. The summed E-state index contributed by atoms with van der Waals surface area (Å²) in [7, 11) is 0. The van der Waals surface area contributed by atoms with Crippen molar-refractivity contribution < 1.29 is 9.59 Å². The molecule has 0 unspecified atom stereocenters. The minimum atomic E-state index is -0.290. The van der Waals surface area contributed by atoms with Gasteiger partial charge in [-0.15, -0.1) is 0 Å². The predicted molar refractivity (Wildman–Crippen MR) is 104 cm³/mol. The summed E-state index contributed by atoms with van der Waals surface area (Å²) in [6, 6.07) is 5.05. The Bertz CT molecular complexity index is 893. The molecule has 0 radical (unpaired) electrons. The van der Waals surface area contributed by atoms with Crippen LogP contribution in [0.3, 0.4) is 0 Å². The van der Waals surface area contributed by atoms with Crippen molar-refractivity contribution in [1.29, 1.82) is 0 Å². The van der Waals surface area contributed by atoms with Crippen LogP contribution in [0.1, 0.15) is 37.6 Å². The van der Waals surface area contributed by atoms with Crippen LogP contribution in [0.4, 0.5) is 4.79 Å². The van der Waals surface area contributed by atoms with Crippen LogP contribution < -0.4 is 11.0 Å². The molecule has 8 heteroatoms. The lowest BCUT2D eigenvalue weighted by molar-refractivity contribution is 0.0762. The molecule has 27 heavy (non-hydrogen) atoms. The fraction of sp³-hybridized carbons (Fsp3) is 0.526. The number of urea groups is 1. The Hall–Kier alpha value is -2.77. The van der Waals surface area contributed by atoms with Crippen LogP contribution in [0.15, 0.2) is 23.0 Å². The second-order valence-corrected chi connectivity index (χ2v) is 8.19. The summed E-state index contributed by atoms with van der Waals surface area (Å²) in [5.41, 5.74) is 1.56. The number of rotatable bonds is 2. The predicted octanol–water partition coefficient (Wildman–Crippen LogP) is 1.76. The number of benzene rings is 1. The largest absolute Gasteiger partial charge is 0.337 e. The molecule has 2 aromatic rings. The maximum Gasteiger partial charge on any atom is 0.323 e. The maximum absolute atomic E-state index is 12.8. The molecule has 3 N–H and O–H groups in total. The molecule has 2 heterocycles. The highest BCUT2D eigenvalue weighted by atomic mass is 16.2. The van der Waals surface area contributed by atoms with E-state index in [4.69, 9.17) is 0 Å². The van der Waals surface area contributed by atoms with Gasteiger partial charge in [0, 0.05) is 38.3 Å². The van der Waals surface area contributed by atoms with Gasteiger partial charge < -0.3 is 25.1 Å². The van der Waals surface area contributed by atoms with Crippen molar-refractivity contribution >= 4 is 23.0 Å². The van der Waals surface area contributed by atoms with E-state index in [2.05, 4.69) is 36.1 Å². The fourth-order valence-electron chi connectivity index (χ4n) is 3.12. The lowest BCUT2D eigenvalue weighted by atomic mass is 9.97. The maximum atomic E-state index is 12.8. The standard InChI is InChI=1S/C19H27N5O3/c1-19(2,3)12-20-18(27)24-8-4-7-23(9-10-24)16(25)13-5-6-14-15(11-13)22-17(26)21-14/h5-6,11H,4,7-10,12H2,1-3H3,(H,20,27)(H2,21,22,26). The smallest absolute Gasteiger partial charge is 0.323 e. The Morgan fingerprint density at radius 3 is 2.44 bits per heavy atom. The molecule has 0 saturated carbocycles. The highest BCUT2D eigenvalue weighted by Crippen LogP contribution is 2.15. The van der Waals surface area contributed by atoms with Gasteiger partial charge in [0.25, 0.3) is 5.91 Å². The molecule has 1 fully saturated rings. The molecule has 1 saturated heterocycles. The first-order valence-corrected chi connectivity index (χ1v) is 9.27. The van der Waals surface area contributed by atoms with E-state index >= 15 is 0 Å². The van der Waals surface area contributed by atoms with Crippen molar-refractivity contribution in [3.63, 3.8) is 0 Å². The van der Waals surface area contributed by atoms with Crippen LogP contribution in [0, 0.1) is 5.41 Å². The summed E-state index contributed by atoms with van der Waals surface area (Å²) in [5, 5.41) is 2.96. The fourth-order valence-corrected chi connectivity index (χ4v) is 3.12. The van der Waals surface area contributed by atoms with Gasteiger partial charge in [-0.25, -0.2) is 9.59 Å². The molecule has 1 aromatic carbocycles. The average Bonchev–Trinajstić information content (AvgIpc) is 2.81. The molecule has 3 amide bonds. The van der Waals surface area contributed by atoms with Crippen LogP contribution in [-0.4, -0.2) is 64.4 Å². The van der Waals surface area contributed by atoms with Crippen LogP contribution in [-0.2, 0) is 0 Å². The van der Waals surface area contributed by atoms with E-state index in [-0.39, 0.29) is 23.0 Å². The molecule has 3 rings (SSSR count). The zero-order chi connectivity index (χ0) is 19.6. The van der Waals surface area contributed by atoms with E-state index in [1.807, 2.05) is 0 Å².